The summed E-state index contributed by atoms with van der Waals surface area (Å²) >= 11 is 0. The number of oxazole rings is 1. The Morgan fingerprint density at radius 3 is 2.14 bits per heavy atom. The Balaban J connectivity index is 3.01. The molecule has 0 aliphatic carbocycles. The highest BCUT2D eigenvalue weighted by atomic mass is 16.4. The fourth-order valence-corrected chi connectivity index (χ4v) is 1.24. The molecular weight excluding hydrogens is 171 g/mol. The highest BCUT2D eigenvalue weighted by Gasteiger charge is 2.12. The molecule has 8 radical (unpaired) electrons. The largest absolute Gasteiger partial charge is 0.424 e. The first-order valence-electron chi connectivity index (χ1n) is 3.80. The minimum absolute atomic E-state index is 0.0246. The zero-order chi connectivity index (χ0) is 10.5. The molecule has 0 fully saturated rings. The lowest BCUT2D eigenvalue weighted by molar-refractivity contribution is 0.628. The predicted octanol–water partition coefficient (Wildman–Crippen LogP) is -3.41. The van der Waals surface area contributed by atoms with Gasteiger partial charge in [-0.15, -0.1) is 10.9 Å². The van der Waals surface area contributed by atoms with Crippen LogP contribution < -0.4 is 27.6 Å². The number of anilines is 1. The highest BCUT2D eigenvalue weighted by Crippen LogP contribution is 2.09. The van der Waals surface area contributed by atoms with Crippen LogP contribution in [0.3, 0.4) is 0 Å². The van der Waals surface area contributed by atoms with Crippen molar-refractivity contribution in [2.75, 3.05) is 5.73 Å². The Labute approximate surface area is 86.1 Å². The van der Waals surface area contributed by atoms with Crippen LogP contribution >= 0.6 is 0 Å². The minimum atomic E-state index is -0.0246. The summed E-state index contributed by atoms with van der Waals surface area (Å²) in [5, 5.41) is 0. The molecule has 0 bridgehead atoms. The molecule has 0 amide bonds. The van der Waals surface area contributed by atoms with E-state index in [9.17, 15) is 0 Å². The van der Waals surface area contributed by atoms with Crippen LogP contribution in [0.5, 0.6) is 0 Å². The fraction of sp³-hybridized carbons (Fsp3) is 0. The van der Waals surface area contributed by atoms with Crippen molar-refractivity contribution in [1.29, 1.82) is 0 Å². The lowest BCUT2D eigenvalue weighted by Gasteiger charge is -2.09. The van der Waals surface area contributed by atoms with Gasteiger partial charge < -0.3 is 10.2 Å². The second-order valence-electron chi connectivity index (χ2n) is 2.88. The van der Waals surface area contributed by atoms with Gasteiger partial charge in [-0.2, -0.15) is 4.98 Å². The SMILES string of the molecule is [B]c1c([B])c([B])c2oc(N)nc2c1[B]. The molecule has 2 rings (SSSR count). The van der Waals surface area contributed by atoms with Crippen LogP contribution in [0.15, 0.2) is 4.42 Å². The van der Waals surface area contributed by atoms with E-state index in [1.165, 1.54) is 0 Å². The maximum absolute atomic E-state index is 5.66. The van der Waals surface area contributed by atoms with E-state index >= 15 is 0 Å². The maximum Gasteiger partial charge on any atom is 0.292 e. The molecule has 0 unspecified atom stereocenters. The highest BCUT2D eigenvalue weighted by molar-refractivity contribution is 6.66. The monoisotopic (exact) mass is 174 g/mol. The van der Waals surface area contributed by atoms with Crippen molar-refractivity contribution < 1.29 is 4.42 Å². The molecule has 0 spiro atoms. The van der Waals surface area contributed by atoms with E-state index in [0.717, 1.165) is 0 Å². The topological polar surface area (TPSA) is 52.0 Å². The lowest BCUT2D eigenvalue weighted by atomic mass is 9.66. The van der Waals surface area contributed by atoms with E-state index in [1.54, 1.807) is 0 Å². The number of hydrogen-bond acceptors (Lipinski definition) is 3. The summed E-state index contributed by atoms with van der Waals surface area (Å²) < 4.78 is 5.04. The predicted molar refractivity (Wildman–Crippen MR) is 60.0 cm³/mol. The van der Waals surface area contributed by atoms with Crippen molar-refractivity contribution in [3.63, 3.8) is 0 Å². The van der Waals surface area contributed by atoms with Crippen molar-refractivity contribution >= 4 is 70.4 Å². The van der Waals surface area contributed by atoms with Gasteiger partial charge in [0.2, 0.25) is 0 Å². The summed E-state index contributed by atoms with van der Waals surface area (Å²) in [5.74, 6) is 0. The number of fused-ring (bicyclic) bond motifs is 1. The summed E-state index contributed by atoms with van der Waals surface area (Å²) in [5.41, 5.74) is 6.78. The second kappa shape index (κ2) is 2.87. The number of aromatic nitrogens is 1. The summed E-state index contributed by atoms with van der Waals surface area (Å²) in [6.45, 7) is 0. The molecule has 0 atom stereocenters. The van der Waals surface area contributed by atoms with Crippen LogP contribution in [0.4, 0.5) is 6.01 Å². The third-order valence-corrected chi connectivity index (χ3v) is 2.01. The Kier molecular flexibility index (Phi) is 1.91. The van der Waals surface area contributed by atoms with E-state index in [0.29, 0.717) is 5.52 Å². The number of nitrogens with two attached hydrogens (primary N) is 1. The van der Waals surface area contributed by atoms with Crippen molar-refractivity contribution in [3.05, 3.63) is 0 Å². The average Bonchev–Trinajstić information content (AvgIpc) is 2.54. The van der Waals surface area contributed by atoms with Gasteiger partial charge >= 0.3 is 0 Å². The Morgan fingerprint density at radius 1 is 0.929 bits per heavy atom. The normalized spacial score (nSPS) is 10.9. The van der Waals surface area contributed by atoms with Gasteiger partial charge in [0.1, 0.15) is 42.5 Å². The lowest BCUT2D eigenvalue weighted by Crippen LogP contribution is -2.47. The number of hydrogen-bond donors (Lipinski definition) is 1. The summed E-state index contributed by atoms with van der Waals surface area (Å²) in [6.07, 6.45) is 0. The van der Waals surface area contributed by atoms with Gasteiger partial charge in [-0.05, 0) is 0 Å². The third-order valence-electron chi connectivity index (χ3n) is 2.01. The Morgan fingerprint density at radius 2 is 1.50 bits per heavy atom. The molecule has 1 aromatic carbocycles. The van der Waals surface area contributed by atoms with Gasteiger partial charge in [0, 0.05) is 0 Å². The molecule has 1 heterocycles. The molecule has 2 aromatic rings. The Bertz CT molecular complexity index is 477. The van der Waals surface area contributed by atoms with Crippen molar-refractivity contribution in [2.24, 2.45) is 0 Å². The van der Waals surface area contributed by atoms with Crippen LogP contribution in [0.1, 0.15) is 0 Å². The molecule has 2 N–H and O–H groups in total. The van der Waals surface area contributed by atoms with Crippen molar-refractivity contribution in [2.45, 2.75) is 0 Å². The van der Waals surface area contributed by atoms with Gasteiger partial charge in [0.15, 0.2) is 0 Å². The molecule has 0 saturated heterocycles. The fourth-order valence-electron chi connectivity index (χ4n) is 1.24. The summed E-state index contributed by atoms with van der Waals surface area (Å²) in [4.78, 5) is 3.85. The molecule has 14 heavy (non-hydrogen) atoms. The molecule has 0 aliphatic heterocycles. The van der Waals surface area contributed by atoms with Crippen LogP contribution in [0.25, 0.3) is 11.1 Å². The zero-order valence-corrected chi connectivity index (χ0v) is 7.24. The van der Waals surface area contributed by atoms with Gasteiger partial charge in [-0.25, -0.2) is 0 Å². The standard InChI is InChI=1S/C7H2B4N2O/c8-1-2(9)4(11)6-5(3(1)10)13-7(12)14-6/h(H2,12,13). The summed E-state index contributed by atoms with van der Waals surface area (Å²) in [7, 11) is 22.5. The van der Waals surface area contributed by atoms with Crippen LogP contribution in [-0.2, 0) is 0 Å². The van der Waals surface area contributed by atoms with Gasteiger partial charge in [0.25, 0.3) is 6.01 Å². The molecule has 58 valence electrons. The smallest absolute Gasteiger partial charge is 0.292 e. The van der Waals surface area contributed by atoms with Gasteiger partial charge in [0.05, 0.1) is 0 Å². The first-order valence-corrected chi connectivity index (χ1v) is 3.80. The Hall–Kier alpha value is -1.25. The van der Waals surface area contributed by atoms with Gasteiger partial charge in [-0.3, -0.25) is 0 Å². The van der Waals surface area contributed by atoms with Gasteiger partial charge in [-0.1, -0.05) is 10.9 Å². The number of nitrogens with zero attached hydrogens (tertiary/aromatic N) is 1. The molecular formula is C7H2B4N2O. The second-order valence-corrected chi connectivity index (χ2v) is 2.88. The third kappa shape index (κ3) is 1.08. The average molecular weight is 173 g/mol. The van der Waals surface area contributed by atoms with E-state index in [2.05, 4.69) is 4.98 Å². The van der Waals surface area contributed by atoms with E-state index in [4.69, 9.17) is 41.5 Å². The number of benzene rings is 1. The van der Waals surface area contributed by atoms with Crippen LogP contribution in [0.2, 0.25) is 0 Å². The molecule has 0 saturated carbocycles. The number of nitrogen functional groups attached to an aromatic ring is 1. The van der Waals surface area contributed by atoms with E-state index in [-0.39, 0.29) is 33.4 Å². The van der Waals surface area contributed by atoms with Crippen molar-refractivity contribution in [3.8, 4) is 0 Å². The minimum Gasteiger partial charge on any atom is -0.424 e. The summed E-state index contributed by atoms with van der Waals surface area (Å²) in [6, 6.07) is -0.0246. The first kappa shape index (κ1) is 9.31. The first-order chi connectivity index (χ1) is 6.52. The maximum atomic E-state index is 5.66. The van der Waals surface area contributed by atoms with Crippen LogP contribution in [-0.4, -0.2) is 36.4 Å². The molecule has 1 aromatic heterocycles. The van der Waals surface area contributed by atoms with Crippen LogP contribution in [0, 0.1) is 0 Å². The number of rotatable bonds is 0. The van der Waals surface area contributed by atoms with E-state index in [1.807, 2.05) is 0 Å². The zero-order valence-electron chi connectivity index (χ0n) is 7.24. The molecule has 7 heteroatoms. The van der Waals surface area contributed by atoms with Crippen molar-refractivity contribution in [1.82, 2.24) is 4.98 Å². The molecule has 3 nitrogen and oxygen atoms in total. The van der Waals surface area contributed by atoms with E-state index < -0.39 is 0 Å². The molecule has 0 aliphatic rings. The quantitative estimate of drug-likeness (QED) is 0.422.